The first-order valence-electron chi connectivity index (χ1n) is 5.03. The minimum atomic E-state index is 0.939. The van der Waals surface area contributed by atoms with Crippen molar-refractivity contribution in [1.29, 1.82) is 0 Å². The Morgan fingerprint density at radius 3 is 3.15 bits per heavy atom. The summed E-state index contributed by atoms with van der Waals surface area (Å²) in [5.41, 5.74) is 3.07. The van der Waals surface area contributed by atoms with Crippen LogP contribution >= 0.6 is 11.3 Å². The first-order chi connectivity index (χ1) is 6.45. The van der Waals surface area contributed by atoms with Gasteiger partial charge < -0.3 is 5.32 Å². The summed E-state index contributed by atoms with van der Waals surface area (Å²) in [6.07, 6.45) is 5.71. The van der Waals surface area contributed by atoms with Crippen molar-refractivity contribution in [3.63, 3.8) is 0 Å². The van der Waals surface area contributed by atoms with Gasteiger partial charge in [0.15, 0.2) is 0 Å². The molecular formula is C10H16N2S. The monoisotopic (exact) mass is 196 g/mol. The quantitative estimate of drug-likeness (QED) is 0.707. The maximum Gasteiger partial charge on any atom is 0.0795 e. The zero-order valence-electron chi connectivity index (χ0n) is 7.83. The van der Waals surface area contributed by atoms with E-state index in [1.54, 1.807) is 11.3 Å². The molecule has 72 valence electrons. The molecule has 0 amide bonds. The second-order valence-corrected chi connectivity index (χ2v) is 4.46. The van der Waals surface area contributed by atoms with Crippen molar-refractivity contribution in [2.45, 2.75) is 32.2 Å². The first kappa shape index (κ1) is 9.16. The van der Waals surface area contributed by atoms with Crippen LogP contribution in [-0.2, 0) is 6.54 Å². The summed E-state index contributed by atoms with van der Waals surface area (Å²) < 4.78 is 0. The molecular weight excluding hydrogens is 180 g/mol. The van der Waals surface area contributed by atoms with E-state index in [0.717, 1.165) is 19.0 Å². The van der Waals surface area contributed by atoms with E-state index in [-0.39, 0.29) is 0 Å². The fourth-order valence-electron chi connectivity index (χ4n) is 1.46. The Kier molecular flexibility index (Phi) is 3.33. The van der Waals surface area contributed by atoms with Crippen molar-refractivity contribution in [1.82, 2.24) is 10.3 Å². The molecule has 2 nitrogen and oxygen atoms in total. The molecule has 0 bridgehead atoms. The van der Waals surface area contributed by atoms with E-state index in [2.05, 4.69) is 15.7 Å². The summed E-state index contributed by atoms with van der Waals surface area (Å²) in [6, 6.07) is 0. The molecule has 3 heteroatoms. The number of hydrogen-bond acceptors (Lipinski definition) is 3. The van der Waals surface area contributed by atoms with Crippen molar-refractivity contribution < 1.29 is 0 Å². The van der Waals surface area contributed by atoms with Crippen molar-refractivity contribution in [3.8, 4) is 0 Å². The standard InChI is InChI=1S/C10H16N2S/c1(2-9-3-4-9)5-11-6-10-7-13-8-12-10/h7-9,11H,1-6H2. The van der Waals surface area contributed by atoms with Crippen LogP contribution in [0.25, 0.3) is 0 Å². The summed E-state index contributed by atoms with van der Waals surface area (Å²) in [7, 11) is 0. The highest BCUT2D eigenvalue weighted by Crippen LogP contribution is 2.33. The van der Waals surface area contributed by atoms with Gasteiger partial charge in [0.1, 0.15) is 0 Å². The van der Waals surface area contributed by atoms with E-state index in [1.807, 2.05) is 5.51 Å². The molecule has 1 N–H and O–H groups in total. The third kappa shape index (κ3) is 3.44. The molecule has 1 aliphatic carbocycles. The number of nitrogens with one attached hydrogen (secondary N) is 1. The van der Waals surface area contributed by atoms with Crippen LogP contribution in [0, 0.1) is 5.92 Å². The molecule has 1 aliphatic rings. The van der Waals surface area contributed by atoms with Gasteiger partial charge in [0.25, 0.3) is 0 Å². The molecule has 0 aromatic carbocycles. The van der Waals surface area contributed by atoms with Gasteiger partial charge in [-0.05, 0) is 25.3 Å². The molecule has 0 radical (unpaired) electrons. The van der Waals surface area contributed by atoms with Crippen LogP contribution in [0.2, 0.25) is 0 Å². The highest BCUT2D eigenvalue weighted by Gasteiger charge is 2.19. The predicted molar refractivity (Wildman–Crippen MR) is 55.8 cm³/mol. The van der Waals surface area contributed by atoms with Crippen molar-refractivity contribution in [3.05, 3.63) is 16.6 Å². The second kappa shape index (κ2) is 4.72. The zero-order chi connectivity index (χ0) is 8.93. The highest BCUT2D eigenvalue weighted by molar-refractivity contribution is 7.07. The lowest BCUT2D eigenvalue weighted by Crippen LogP contribution is -2.14. The third-order valence-electron chi connectivity index (χ3n) is 2.45. The summed E-state index contributed by atoms with van der Waals surface area (Å²) in [5, 5.41) is 5.52. The molecule has 1 saturated carbocycles. The van der Waals surface area contributed by atoms with Gasteiger partial charge in [0.05, 0.1) is 11.2 Å². The van der Waals surface area contributed by atoms with Crippen LogP contribution in [0.3, 0.4) is 0 Å². The first-order valence-corrected chi connectivity index (χ1v) is 5.97. The summed E-state index contributed by atoms with van der Waals surface area (Å²) in [6.45, 7) is 2.09. The van der Waals surface area contributed by atoms with Gasteiger partial charge in [-0.3, -0.25) is 0 Å². The maximum absolute atomic E-state index is 4.22. The fourth-order valence-corrected chi connectivity index (χ4v) is 2.02. The van der Waals surface area contributed by atoms with Crippen LogP contribution in [-0.4, -0.2) is 11.5 Å². The predicted octanol–water partition coefficient (Wildman–Crippen LogP) is 2.42. The second-order valence-electron chi connectivity index (χ2n) is 3.74. The largest absolute Gasteiger partial charge is 0.311 e. The third-order valence-corrected chi connectivity index (χ3v) is 3.09. The normalized spacial score (nSPS) is 16.3. The molecule has 0 unspecified atom stereocenters. The van der Waals surface area contributed by atoms with Crippen LogP contribution in [0.5, 0.6) is 0 Å². The van der Waals surface area contributed by atoms with Gasteiger partial charge in [-0.15, -0.1) is 11.3 Å². The number of hydrogen-bond donors (Lipinski definition) is 1. The Hall–Kier alpha value is -0.410. The number of thiazole rings is 1. The van der Waals surface area contributed by atoms with Gasteiger partial charge >= 0.3 is 0 Å². The lowest BCUT2D eigenvalue weighted by molar-refractivity contribution is 0.590. The maximum atomic E-state index is 4.22. The van der Waals surface area contributed by atoms with Crippen LogP contribution in [0.4, 0.5) is 0 Å². The lowest BCUT2D eigenvalue weighted by Gasteiger charge is -2.01. The minimum absolute atomic E-state index is 0.939. The Balaban J connectivity index is 1.48. The average Bonchev–Trinajstić information content (AvgIpc) is 2.81. The molecule has 1 aromatic heterocycles. The van der Waals surface area contributed by atoms with Crippen LogP contribution < -0.4 is 5.32 Å². The Labute approximate surface area is 83.4 Å². The molecule has 2 rings (SSSR count). The number of aromatic nitrogens is 1. The summed E-state index contributed by atoms with van der Waals surface area (Å²) >= 11 is 1.67. The van der Waals surface area contributed by atoms with Gasteiger partial charge in [-0.1, -0.05) is 12.8 Å². The molecule has 1 aromatic rings. The average molecular weight is 196 g/mol. The zero-order valence-corrected chi connectivity index (χ0v) is 8.65. The van der Waals surface area contributed by atoms with E-state index in [4.69, 9.17) is 0 Å². The Morgan fingerprint density at radius 2 is 2.46 bits per heavy atom. The Morgan fingerprint density at radius 1 is 1.54 bits per heavy atom. The molecule has 0 aliphatic heterocycles. The van der Waals surface area contributed by atoms with Crippen molar-refractivity contribution >= 4 is 11.3 Å². The van der Waals surface area contributed by atoms with Gasteiger partial charge in [0.2, 0.25) is 0 Å². The van der Waals surface area contributed by atoms with E-state index in [0.29, 0.717) is 0 Å². The van der Waals surface area contributed by atoms with Crippen molar-refractivity contribution in [2.75, 3.05) is 6.54 Å². The van der Waals surface area contributed by atoms with E-state index in [1.165, 1.54) is 31.4 Å². The smallest absolute Gasteiger partial charge is 0.0795 e. The van der Waals surface area contributed by atoms with Crippen LogP contribution in [0.1, 0.15) is 31.4 Å². The van der Waals surface area contributed by atoms with Gasteiger partial charge in [0, 0.05) is 11.9 Å². The van der Waals surface area contributed by atoms with Gasteiger partial charge in [-0.25, -0.2) is 4.98 Å². The SMILES string of the molecule is c1nc(CNCCCC2CC2)cs1. The summed E-state index contributed by atoms with van der Waals surface area (Å²) in [5.74, 6) is 1.07. The Bertz CT molecular complexity index is 229. The molecule has 1 heterocycles. The summed E-state index contributed by atoms with van der Waals surface area (Å²) in [4.78, 5) is 4.22. The molecule has 13 heavy (non-hydrogen) atoms. The number of nitrogens with zero attached hydrogens (tertiary/aromatic N) is 1. The molecule has 0 atom stereocenters. The van der Waals surface area contributed by atoms with Crippen molar-refractivity contribution in [2.24, 2.45) is 5.92 Å². The molecule has 0 saturated heterocycles. The number of rotatable bonds is 6. The topological polar surface area (TPSA) is 24.9 Å². The molecule has 1 fully saturated rings. The molecule has 0 spiro atoms. The lowest BCUT2D eigenvalue weighted by atomic mass is 10.2. The van der Waals surface area contributed by atoms with Crippen LogP contribution in [0.15, 0.2) is 10.9 Å². The highest BCUT2D eigenvalue weighted by atomic mass is 32.1. The van der Waals surface area contributed by atoms with E-state index in [9.17, 15) is 0 Å². The minimum Gasteiger partial charge on any atom is -0.311 e. The fraction of sp³-hybridized carbons (Fsp3) is 0.700. The van der Waals surface area contributed by atoms with Gasteiger partial charge in [-0.2, -0.15) is 0 Å². The van der Waals surface area contributed by atoms with E-state index >= 15 is 0 Å². The van der Waals surface area contributed by atoms with E-state index < -0.39 is 0 Å².